The van der Waals surface area contributed by atoms with Crippen LogP contribution in [0.3, 0.4) is 0 Å². The fourth-order valence-electron chi connectivity index (χ4n) is 6.68. The second kappa shape index (κ2) is 11.6. The summed E-state index contributed by atoms with van der Waals surface area (Å²) < 4.78 is 32.3. The molecule has 37 heavy (non-hydrogen) atoms. The highest BCUT2D eigenvalue weighted by Gasteiger charge is 2.60. The number of rotatable bonds is 5. The molecule has 0 radical (unpaired) electrons. The summed E-state index contributed by atoms with van der Waals surface area (Å²) in [6.45, 7) is 19.6. The lowest BCUT2D eigenvalue weighted by molar-refractivity contribution is -0.277. The van der Waals surface area contributed by atoms with E-state index in [9.17, 15) is 4.79 Å². The van der Waals surface area contributed by atoms with Crippen molar-refractivity contribution in [2.45, 2.75) is 141 Å². The van der Waals surface area contributed by atoms with Crippen LogP contribution < -0.4 is 0 Å². The lowest BCUT2D eigenvalue weighted by atomic mass is 9.84. The molecule has 3 rings (SSSR count). The number of allylic oxidation sites excluding steroid dienone is 2. The molecule has 2 saturated heterocycles. The number of carbonyl (C=O) groups excluding carboxylic acids is 1. The van der Waals surface area contributed by atoms with E-state index in [1.54, 1.807) is 13.2 Å². The number of carbonyl (C=O) groups is 1. The van der Waals surface area contributed by atoms with E-state index >= 15 is 0 Å². The monoisotopic (exact) mass is 536 g/mol. The molecule has 0 aromatic carbocycles. The average Bonchev–Trinajstić information content (AvgIpc) is 3.22. The molecule has 0 saturated carbocycles. The number of methoxy groups -OCH3 is 1. The molecule has 0 spiro atoms. The Balaban J connectivity index is 1.93. The van der Waals surface area contributed by atoms with Crippen LogP contribution in [0.2, 0.25) is 19.6 Å². The highest BCUT2D eigenvalue weighted by molar-refractivity contribution is 6.69. The maximum Gasteiger partial charge on any atom is 0.330 e. The van der Waals surface area contributed by atoms with Crippen molar-refractivity contribution in [3.63, 3.8) is 0 Å². The molecule has 3 aliphatic heterocycles. The van der Waals surface area contributed by atoms with Gasteiger partial charge in [-0.05, 0) is 65.6 Å². The van der Waals surface area contributed by atoms with Gasteiger partial charge in [-0.2, -0.15) is 0 Å². The largest absolute Gasteiger partial charge is 0.456 e. The lowest BCUT2D eigenvalue weighted by Gasteiger charge is -2.45. The molecule has 2 fully saturated rings. The van der Waals surface area contributed by atoms with Crippen LogP contribution in [0.15, 0.2) is 23.8 Å². The van der Waals surface area contributed by atoms with Gasteiger partial charge < -0.3 is 23.4 Å². The smallest absolute Gasteiger partial charge is 0.330 e. The van der Waals surface area contributed by atoms with Gasteiger partial charge in [0.05, 0.1) is 17.8 Å². The van der Waals surface area contributed by atoms with Crippen LogP contribution in [0.1, 0.15) is 86.5 Å². The molecule has 2 bridgehead atoms. The Morgan fingerprint density at radius 3 is 2.38 bits per heavy atom. The summed E-state index contributed by atoms with van der Waals surface area (Å²) in [4.78, 5) is 12.9. The third-order valence-electron chi connectivity index (χ3n) is 8.24. The Kier molecular flexibility index (Phi) is 9.60. The predicted molar refractivity (Wildman–Crippen MR) is 150 cm³/mol. The Morgan fingerprint density at radius 1 is 1.05 bits per heavy atom. The van der Waals surface area contributed by atoms with E-state index in [1.165, 1.54) is 5.57 Å². The zero-order valence-electron chi connectivity index (χ0n) is 25.0. The zero-order valence-corrected chi connectivity index (χ0v) is 26.0. The van der Waals surface area contributed by atoms with Crippen molar-refractivity contribution in [1.29, 1.82) is 0 Å². The molecule has 7 heteroatoms. The first-order valence-corrected chi connectivity index (χ1v) is 17.7. The molecule has 3 heterocycles. The summed E-state index contributed by atoms with van der Waals surface area (Å²) in [6, 6.07) is 0. The van der Waals surface area contributed by atoms with Crippen LogP contribution in [0.4, 0.5) is 0 Å². The SMILES string of the molecule is CCC[C@]1(C)C[C@H]2OC(=O)/C=C/[C@@H](C)C[C@@]3(OC)O[C@@H](C[C@@]3(C)O[Si](C)(C)C)[C@H](C)/C=C(\C)CC[C@@H]2O1. The summed E-state index contributed by atoms with van der Waals surface area (Å²) in [7, 11) is -0.187. The molecule has 8 atom stereocenters. The summed E-state index contributed by atoms with van der Waals surface area (Å²) in [5, 5.41) is 0. The van der Waals surface area contributed by atoms with Crippen molar-refractivity contribution in [1.82, 2.24) is 0 Å². The van der Waals surface area contributed by atoms with Crippen LogP contribution in [-0.2, 0) is 28.2 Å². The van der Waals surface area contributed by atoms with E-state index < -0.39 is 19.7 Å². The van der Waals surface area contributed by atoms with Crippen molar-refractivity contribution >= 4 is 14.3 Å². The van der Waals surface area contributed by atoms with Gasteiger partial charge in [0.2, 0.25) is 0 Å². The lowest BCUT2D eigenvalue weighted by Crippen LogP contribution is -2.56. The molecule has 6 nitrogen and oxygen atoms in total. The number of hydrogen-bond donors (Lipinski definition) is 0. The zero-order chi connectivity index (χ0) is 27.6. The minimum Gasteiger partial charge on any atom is -0.456 e. The van der Waals surface area contributed by atoms with Gasteiger partial charge in [-0.25, -0.2) is 4.79 Å². The van der Waals surface area contributed by atoms with E-state index in [4.69, 9.17) is 23.4 Å². The van der Waals surface area contributed by atoms with E-state index in [2.05, 4.69) is 67.3 Å². The second-order valence-corrected chi connectivity index (χ2v) is 17.7. The minimum atomic E-state index is -1.91. The summed E-state index contributed by atoms with van der Waals surface area (Å²) in [6.07, 6.45) is 11.3. The van der Waals surface area contributed by atoms with Gasteiger partial charge in [0, 0.05) is 38.4 Å². The molecule has 212 valence electrons. The van der Waals surface area contributed by atoms with Gasteiger partial charge in [-0.3, -0.25) is 0 Å². The highest BCUT2D eigenvalue weighted by Crippen LogP contribution is 2.50. The fourth-order valence-corrected chi connectivity index (χ4v) is 8.27. The first kappa shape index (κ1) is 30.5. The summed E-state index contributed by atoms with van der Waals surface area (Å²) in [5.74, 6) is -0.969. The van der Waals surface area contributed by atoms with Crippen molar-refractivity contribution in [2.24, 2.45) is 11.8 Å². The number of esters is 1. The van der Waals surface area contributed by atoms with Crippen LogP contribution >= 0.6 is 0 Å². The molecule has 3 aliphatic rings. The van der Waals surface area contributed by atoms with Crippen molar-refractivity contribution < 1.29 is 28.2 Å². The van der Waals surface area contributed by atoms with Crippen molar-refractivity contribution in [2.75, 3.05) is 7.11 Å². The average molecular weight is 537 g/mol. The standard InChI is InChI=1S/C30H52O6Si/c1-11-16-28(5)19-26-24(34-28)14-12-21(2)17-23(4)25-20-29(6,36-37(8,9)10)30(32-7,35-25)18-22(3)13-15-27(31)33-26/h13,15,17,22-26H,11-12,14,16,18-20H2,1-10H3/b15-13+,21-17+/t22-,23-,24+,25+,26-,28-,29-,30-/m1/s1. The first-order chi connectivity index (χ1) is 17.1. The molecule has 0 amide bonds. The Bertz CT molecular complexity index is 865. The van der Waals surface area contributed by atoms with E-state index in [-0.39, 0.29) is 41.7 Å². The maximum atomic E-state index is 12.9. The molecule has 0 aromatic heterocycles. The first-order valence-electron chi connectivity index (χ1n) is 14.3. The molecular weight excluding hydrogens is 484 g/mol. The van der Waals surface area contributed by atoms with Crippen LogP contribution in [0.5, 0.6) is 0 Å². The van der Waals surface area contributed by atoms with Gasteiger partial charge in [0.15, 0.2) is 14.1 Å². The van der Waals surface area contributed by atoms with Crippen LogP contribution in [-0.4, -0.2) is 56.7 Å². The van der Waals surface area contributed by atoms with Crippen LogP contribution in [0, 0.1) is 11.8 Å². The van der Waals surface area contributed by atoms with Gasteiger partial charge in [0.1, 0.15) is 11.7 Å². The van der Waals surface area contributed by atoms with Gasteiger partial charge >= 0.3 is 5.97 Å². The number of ether oxygens (including phenoxy) is 4. The predicted octanol–water partition coefficient (Wildman–Crippen LogP) is 6.95. The molecule has 0 unspecified atom stereocenters. The van der Waals surface area contributed by atoms with E-state index in [1.807, 2.05) is 6.08 Å². The quantitative estimate of drug-likeness (QED) is 0.215. The third kappa shape index (κ3) is 7.36. The van der Waals surface area contributed by atoms with Gasteiger partial charge in [0.25, 0.3) is 0 Å². The van der Waals surface area contributed by atoms with Gasteiger partial charge in [-0.1, -0.05) is 44.9 Å². The number of fused-ring (bicyclic) bond motifs is 3. The van der Waals surface area contributed by atoms with Crippen molar-refractivity contribution in [3.8, 4) is 0 Å². The van der Waals surface area contributed by atoms with Crippen molar-refractivity contribution in [3.05, 3.63) is 23.8 Å². The normalized spacial score (nSPS) is 44.1. The summed E-state index contributed by atoms with van der Waals surface area (Å²) in [5.41, 5.74) is 0.475. The van der Waals surface area contributed by atoms with Crippen LogP contribution in [0.25, 0.3) is 0 Å². The Labute approximate surface area is 226 Å². The molecule has 0 aromatic rings. The molecule has 0 aliphatic carbocycles. The minimum absolute atomic E-state index is 0.0198. The molecular formula is C30H52O6Si. The topological polar surface area (TPSA) is 63.2 Å². The number of hydrogen-bond acceptors (Lipinski definition) is 6. The Morgan fingerprint density at radius 2 is 1.76 bits per heavy atom. The summed E-state index contributed by atoms with van der Waals surface area (Å²) >= 11 is 0. The third-order valence-corrected chi connectivity index (χ3v) is 9.30. The van der Waals surface area contributed by atoms with E-state index in [0.717, 1.165) is 38.5 Å². The molecule has 0 N–H and O–H groups in total. The maximum absolute atomic E-state index is 12.9. The second-order valence-electron chi connectivity index (χ2n) is 13.2. The fraction of sp³-hybridized carbons (Fsp3) is 0.833. The van der Waals surface area contributed by atoms with Gasteiger partial charge in [-0.15, -0.1) is 0 Å². The van der Waals surface area contributed by atoms with E-state index in [0.29, 0.717) is 6.42 Å². The Hall–Kier alpha value is -0.993. The highest BCUT2D eigenvalue weighted by atomic mass is 28.4.